The molecule has 0 unspecified atom stereocenters. The number of phenolic OH excluding ortho intramolecular Hbond substituents is 1. The molecule has 25 heavy (non-hydrogen) atoms. The van der Waals surface area contributed by atoms with Crippen LogP contribution in [-0.4, -0.2) is 22.2 Å². The summed E-state index contributed by atoms with van der Waals surface area (Å²) in [5.74, 6) is -0.918. The van der Waals surface area contributed by atoms with E-state index in [1.54, 1.807) is 18.2 Å². The average molecular weight is 404 g/mol. The lowest BCUT2D eigenvalue weighted by molar-refractivity contribution is -0.385. The summed E-state index contributed by atoms with van der Waals surface area (Å²) in [7, 11) is 0. The van der Waals surface area contributed by atoms with E-state index in [-0.39, 0.29) is 5.76 Å². The van der Waals surface area contributed by atoms with Crippen molar-refractivity contribution in [3.63, 3.8) is 0 Å². The van der Waals surface area contributed by atoms with E-state index in [0.29, 0.717) is 11.1 Å². The summed E-state index contributed by atoms with van der Waals surface area (Å²) in [4.78, 5) is 22.1. The Morgan fingerprint density at radius 3 is 2.84 bits per heavy atom. The van der Waals surface area contributed by atoms with E-state index in [4.69, 9.17) is 4.42 Å². The van der Waals surface area contributed by atoms with Gasteiger partial charge < -0.3 is 9.52 Å². The first-order valence-corrected chi connectivity index (χ1v) is 7.73. The minimum absolute atomic E-state index is 0.0851. The molecule has 1 amide bonds. The zero-order valence-corrected chi connectivity index (χ0v) is 14.1. The van der Waals surface area contributed by atoms with Crippen LogP contribution in [-0.2, 0) is 0 Å². The molecule has 2 N–H and O–H groups in total. The van der Waals surface area contributed by atoms with Crippen molar-refractivity contribution in [1.29, 1.82) is 0 Å². The standard InChI is InChI=1S/C16H10BrN3O5/c17-11-2-4-14-10(6-11)7-15(25-14)16(22)19-18-8-9-1-3-13(21)12(5-9)20(23)24/h1-8,21H,(H,19,22)/b18-8+. The predicted octanol–water partition coefficient (Wildman–Crippen LogP) is 3.57. The van der Waals surface area contributed by atoms with Gasteiger partial charge in [0.05, 0.1) is 11.1 Å². The minimum Gasteiger partial charge on any atom is -0.502 e. The smallest absolute Gasteiger partial charge is 0.311 e. The number of furan rings is 1. The van der Waals surface area contributed by atoms with Crippen molar-refractivity contribution in [2.24, 2.45) is 5.10 Å². The van der Waals surface area contributed by atoms with E-state index in [1.165, 1.54) is 18.3 Å². The first-order valence-electron chi connectivity index (χ1n) is 6.94. The number of hydrogen-bond acceptors (Lipinski definition) is 6. The zero-order chi connectivity index (χ0) is 18.0. The molecule has 0 spiro atoms. The number of halogens is 1. The fourth-order valence-electron chi connectivity index (χ4n) is 2.11. The fraction of sp³-hybridized carbons (Fsp3) is 0. The van der Waals surface area contributed by atoms with Gasteiger partial charge in [0.1, 0.15) is 5.58 Å². The average Bonchev–Trinajstić information content (AvgIpc) is 2.99. The Morgan fingerprint density at radius 2 is 2.08 bits per heavy atom. The second-order valence-corrected chi connectivity index (χ2v) is 5.91. The zero-order valence-electron chi connectivity index (χ0n) is 12.5. The highest BCUT2D eigenvalue weighted by molar-refractivity contribution is 9.10. The summed E-state index contributed by atoms with van der Waals surface area (Å²) in [6.07, 6.45) is 1.23. The molecule has 0 radical (unpaired) electrons. The number of carbonyl (C=O) groups excluding carboxylic acids is 1. The first-order chi connectivity index (χ1) is 11.9. The van der Waals surface area contributed by atoms with E-state index >= 15 is 0 Å². The van der Waals surface area contributed by atoms with E-state index in [2.05, 4.69) is 26.5 Å². The molecule has 0 atom stereocenters. The molecule has 0 saturated heterocycles. The lowest BCUT2D eigenvalue weighted by atomic mass is 10.2. The minimum atomic E-state index is -0.711. The number of hydrazone groups is 1. The third-order valence-electron chi connectivity index (χ3n) is 3.28. The number of benzene rings is 2. The van der Waals surface area contributed by atoms with Gasteiger partial charge in [0, 0.05) is 21.5 Å². The van der Waals surface area contributed by atoms with E-state index in [9.17, 15) is 20.0 Å². The second-order valence-electron chi connectivity index (χ2n) is 5.00. The summed E-state index contributed by atoms with van der Waals surface area (Å²) in [5.41, 5.74) is 2.74. The summed E-state index contributed by atoms with van der Waals surface area (Å²) in [5, 5.41) is 24.6. The largest absolute Gasteiger partial charge is 0.502 e. The van der Waals surface area contributed by atoms with Crippen molar-refractivity contribution in [2.45, 2.75) is 0 Å². The molecule has 0 fully saturated rings. The summed E-state index contributed by atoms with van der Waals surface area (Å²) >= 11 is 3.34. The van der Waals surface area contributed by atoms with Gasteiger partial charge >= 0.3 is 11.6 Å². The van der Waals surface area contributed by atoms with Gasteiger partial charge in [0.15, 0.2) is 11.5 Å². The van der Waals surface area contributed by atoms with E-state index < -0.39 is 22.3 Å². The summed E-state index contributed by atoms with van der Waals surface area (Å²) < 4.78 is 6.29. The van der Waals surface area contributed by atoms with Crippen molar-refractivity contribution < 1.29 is 19.2 Å². The van der Waals surface area contributed by atoms with Gasteiger partial charge in [-0.2, -0.15) is 5.10 Å². The molecule has 3 aromatic rings. The molecule has 0 aliphatic rings. The van der Waals surface area contributed by atoms with Gasteiger partial charge in [0.2, 0.25) is 0 Å². The Kier molecular flexibility index (Phi) is 4.48. The molecule has 0 aliphatic carbocycles. The maximum absolute atomic E-state index is 12.0. The summed E-state index contributed by atoms with van der Waals surface area (Å²) in [6, 6.07) is 10.7. The van der Waals surface area contributed by atoms with Crippen molar-refractivity contribution in [3.05, 3.63) is 68.4 Å². The molecule has 9 heteroatoms. The van der Waals surface area contributed by atoms with Crippen LogP contribution in [0.3, 0.4) is 0 Å². The molecule has 0 aliphatic heterocycles. The Bertz CT molecular complexity index is 1010. The van der Waals surface area contributed by atoms with Crippen molar-refractivity contribution in [2.75, 3.05) is 0 Å². The van der Waals surface area contributed by atoms with Crippen LogP contribution in [0.1, 0.15) is 16.1 Å². The number of nitrogens with one attached hydrogen (secondary N) is 1. The molecular formula is C16H10BrN3O5. The molecule has 126 valence electrons. The Hall–Kier alpha value is -3.20. The molecule has 8 nitrogen and oxygen atoms in total. The molecule has 0 bridgehead atoms. The van der Waals surface area contributed by atoms with Crippen LogP contribution in [0.2, 0.25) is 0 Å². The number of nitro groups is 1. The summed E-state index contributed by atoms with van der Waals surface area (Å²) in [6.45, 7) is 0. The molecule has 1 heterocycles. The van der Waals surface area contributed by atoms with Crippen LogP contribution < -0.4 is 5.43 Å². The Morgan fingerprint density at radius 1 is 1.28 bits per heavy atom. The number of carbonyl (C=O) groups is 1. The predicted molar refractivity (Wildman–Crippen MR) is 93.7 cm³/mol. The first kappa shape index (κ1) is 16.7. The highest BCUT2D eigenvalue weighted by Crippen LogP contribution is 2.25. The van der Waals surface area contributed by atoms with Crippen LogP contribution in [0, 0.1) is 10.1 Å². The lowest BCUT2D eigenvalue weighted by Gasteiger charge is -1.98. The second kappa shape index (κ2) is 6.73. The third-order valence-corrected chi connectivity index (χ3v) is 3.77. The lowest BCUT2D eigenvalue weighted by Crippen LogP contribution is -2.16. The third kappa shape index (κ3) is 3.66. The van der Waals surface area contributed by atoms with Crippen LogP contribution in [0.25, 0.3) is 11.0 Å². The van der Waals surface area contributed by atoms with E-state index in [0.717, 1.165) is 15.9 Å². The van der Waals surface area contributed by atoms with Gasteiger partial charge in [-0.25, -0.2) is 5.43 Å². The topological polar surface area (TPSA) is 118 Å². The highest BCUT2D eigenvalue weighted by atomic mass is 79.9. The van der Waals surface area contributed by atoms with Crippen LogP contribution in [0.15, 0.2) is 56.5 Å². The Balaban J connectivity index is 1.73. The fourth-order valence-corrected chi connectivity index (χ4v) is 2.49. The quantitative estimate of drug-likeness (QED) is 0.392. The number of fused-ring (bicyclic) bond motifs is 1. The number of nitrogens with zero attached hydrogens (tertiary/aromatic N) is 2. The van der Waals surface area contributed by atoms with Gasteiger partial charge in [-0.05, 0) is 36.4 Å². The number of amides is 1. The van der Waals surface area contributed by atoms with Gasteiger partial charge in [-0.15, -0.1) is 0 Å². The van der Waals surface area contributed by atoms with Gasteiger partial charge in [-0.3, -0.25) is 14.9 Å². The van der Waals surface area contributed by atoms with Crippen LogP contribution >= 0.6 is 15.9 Å². The number of hydrogen-bond donors (Lipinski definition) is 2. The van der Waals surface area contributed by atoms with Gasteiger partial charge in [0.25, 0.3) is 0 Å². The maximum Gasteiger partial charge on any atom is 0.311 e. The van der Waals surface area contributed by atoms with Gasteiger partial charge in [-0.1, -0.05) is 15.9 Å². The maximum atomic E-state index is 12.0. The number of aromatic hydroxyl groups is 1. The molecule has 0 saturated carbocycles. The number of nitro benzene ring substituents is 1. The molecule has 2 aromatic carbocycles. The van der Waals surface area contributed by atoms with Crippen LogP contribution in [0.5, 0.6) is 5.75 Å². The van der Waals surface area contributed by atoms with Crippen molar-refractivity contribution in [3.8, 4) is 5.75 Å². The SMILES string of the molecule is O=C(N/N=C/c1ccc(O)c([N+](=O)[O-])c1)c1cc2cc(Br)ccc2o1. The molecular weight excluding hydrogens is 394 g/mol. The molecule has 1 aromatic heterocycles. The van der Waals surface area contributed by atoms with Crippen molar-refractivity contribution in [1.82, 2.24) is 5.43 Å². The van der Waals surface area contributed by atoms with E-state index in [1.807, 2.05) is 6.07 Å². The number of rotatable bonds is 4. The monoisotopic (exact) mass is 403 g/mol. The molecule has 3 rings (SSSR count). The Labute approximate surface area is 149 Å². The van der Waals surface area contributed by atoms with Crippen LogP contribution in [0.4, 0.5) is 5.69 Å². The van der Waals surface area contributed by atoms with Crippen molar-refractivity contribution >= 4 is 44.7 Å². The highest BCUT2D eigenvalue weighted by Gasteiger charge is 2.14. The number of phenols is 1. The normalized spacial score (nSPS) is 11.1.